The molecular formula is C12H26OW-4. The van der Waals surface area contributed by atoms with Gasteiger partial charge in [0.15, 0.2) is 0 Å². The number of ether oxygens (including phenoxy) is 1. The first-order valence-electron chi connectivity index (χ1n) is 3.88. The van der Waals surface area contributed by atoms with Gasteiger partial charge in [-0.25, -0.2) is 6.61 Å². The van der Waals surface area contributed by atoms with Gasteiger partial charge >= 0.3 is 0 Å². The summed E-state index contributed by atoms with van der Waals surface area (Å²) >= 11 is 0. The van der Waals surface area contributed by atoms with E-state index in [9.17, 15) is 0 Å². The second-order valence-corrected chi connectivity index (χ2v) is 4.34. The van der Waals surface area contributed by atoms with E-state index in [1.165, 1.54) is 0 Å². The van der Waals surface area contributed by atoms with Gasteiger partial charge in [0.05, 0.1) is 0 Å². The standard InChI is InChI=1S/C9H17O.3CH3.W/c1-7-9(4,5)8(2,3)6-10-7;;;;/h6-7H,1-5H3;3*1H3;/q4*-1;. The molecule has 1 fully saturated rings. The third-order valence-electron chi connectivity index (χ3n) is 3.24. The molecule has 1 saturated heterocycles. The van der Waals surface area contributed by atoms with Crippen molar-refractivity contribution in [2.75, 3.05) is 0 Å². The average Bonchev–Trinajstić information content (AvgIpc) is 1.94. The van der Waals surface area contributed by atoms with Gasteiger partial charge in [0, 0.05) is 27.2 Å². The Kier molecular flexibility index (Phi) is 12.1. The van der Waals surface area contributed by atoms with Crippen LogP contribution in [0.2, 0.25) is 0 Å². The molecule has 1 aliphatic heterocycles. The molecule has 0 radical (unpaired) electrons. The fraction of sp³-hybridized carbons (Fsp3) is 0.667. The Morgan fingerprint density at radius 1 is 1.00 bits per heavy atom. The van der Waals surface area contributed by atoms with Gasteiger partial charge in [0.2, 0.25) is 0 Å². The molecule has 0 aromatic heterocycles. The van der Waals surface area contributed by atoms with Crippen molar-refractivity contribution in [1.82, 2.24) is 0 Å². The van der Waals surface area contributed by atoms with Crippen LogP contribution in [-0.4, -0.2) is 6.10 Å². The molecule has 0 aliphatic carbocycles. The minimum atomic E-state index is 0. The van der Waals surface area contributed by atoms with Crippen LogP contribution in [0.5, 0.6) is 0 Å². The van der Waals surface area contributed by atoms with Gasteiger partial charge in [-0.3, -0.25) is 0 Å². The summed E-state index contributed by atoms with van der Waals surface area (Å²) in [6.45, 7) is 13.0. The Labute approximate surface area is 106 Å². The molecule has 0 N–H and O–H groups in total. The van der Waals surface area contributed by atoms with Gasteiger partial charge in [-0.15, -0.1) is 5.41 Å². The normalized spacial score (nSPS) is 25.9. The van der Waals surface area contributed by atoms with Crippen LogP contribution in [0.25, 0.3) is 0 Å². The van der Waals surface area contributed by atoms with Gasteiger partial charge in [0.25, 0.3) is 0 Å². The monoisotopic (exact) mass is 370 g/mol. The summed E-state index contributed by atoms with van der Waals surface area (Å²) in [5.41, 5.74) is 0.486. The molecule has 1 aliphatic rings. The van der Waals surface area contributed by atoms with E-state index in [4.69, 9.17) is 4.74 Å². The molecule has 0 amide bonds. The van der Waals surface area contributed by atoms with E-state index < -0.39 is 0 Å². The zero-order valence-corrected chi connectivity index (χ0v) is 13.9. The first-order valence-corrected chi connectivity index (χ1v) is 3.88. The molecule has 0 aromatic rings. The molecule has 0 saturated carbocycles. The summed E-state index contributed by atoms with van der Waals surface area (Å²) in [6.07, 6.45) is 0.350. The second-order valence-electron chi connectivity index (χ2n) is 4.34. The largest absolute Gasteiger partial charge is 0.549 e. The van der Waals surface area contributed by atoms with Gasteiger partial charge in [0.1, 0.15) is 0 Å². The Balaban J connectivity index is -0.000000125. The zero-order valence-electron chi connectivity index (χ0n) is 11.0. The van der Waals surface area contributed by atoms with Crippen LogP contribution in [0.1, 0.15) is 34.6 Å². The fourth-order valence-electron chi connectivity index (χ4n) is 1.12. The van der Waals surface area contributed by atoms with Crippen LogP contribution in [0.3, 0.4) is 0 Å². The molecule has 0 spiro atoms. The van der Waals surface area contributed by atoms with E-state index in [1.807, 2.05) is 6.61 Å². The SMILES string of the molecule is CC1O[CH-]C(C)(C)C1(C)C.[CH3-].[CH3-].[CH3-].[W]. The van der Waals surface area contributed by atoms with Gasteiger partial charge in [-0.05, 0) is 12.3 Å². The summed E-state index contributed by atoms with van der Waals surface area (Å²) < 4.78 is 5.46. The van der Waals surface area contributed by atoms with Crippen molar-refractivity contribution in [3.05, 3.63) is 28.9 Å². The Hall–Kier alpha value is 0.648. The predicted octanol–water partition coefficient (Wildman–Crippen LogP) is 3.97. The van der Waals surface area contributed by atoms with Crippen LogP contribution in [0.15, 0.2) is 0 Å². The maximum absolute atomic E-state index is 5.46. The smallest absolute Gasteiger partial charge is 0.0235 e. The summed E-state index contributed by atoms with van der Waals surface area (Å²) in [6, 6.07) is 0. The van der Waals surface area contributed by atoms with Crippen molar-refractivity contribution in [2.45, 2.75) is 40.7 Å². The van der Waals surface area contributed by atoms with Crippen molar-refractivity contribution in [3.8, 4) is 0 Å². The van der Waals surface area contributed by atoms with Gasteiger partial charge < -0.3 is 27.0 Å². The topological polar surface area (TPSA) is 9.23 Å². The van der Waals surface area contributed by atoms with Gasteiger partial charge in [-0.1, -0.05) is 27.7 Å². The molecule has 2 heteroatoms. The molecule has 0 aromatic carbocycles. The van der Waals surface area contributed by atoms with E-state index in [0.717, 1.165) is 0 Å². The van der Waals surface area contributed by atoms with E-state index in [1.54, 1.807) is 0 Å². The van der Waals surface area contributed by atoms with E-state index >= 15 is 0 Å². The third-order valence-corrected chi connectivity index (χ3v) is 3.24. The van der Waals surface area contributed by atoms with Crippen molar-refractivity contribution in [1.29, 1.82) is 0 Å². The average molecular weight is 370 g/mol. The molecular weight excluding hydrogens is 344 g/mol. The number of rotatable bonds is 0. The molecule has 14 heavy (non-hydrogen) atoms. The van der Waals surface area contributed by atoms with Crippen LogP contribution in [0.4, 0.5) is 0 Å². The fourth-order valence-corrected chi connectivity index (χ4v) is 1.12. The number of hydrogen-bond acceptors (Lipinski definition) is 1. The van der Waals surface area contributed by atoms with Crippen LogP contribution >= 0.6 is 0 Å². The minimum absolute atomic E-state index is 0. The first kappa shape index (κ1) is 24.1. The van der Waals surface area contributed by atoms with Gasteiger partial charge in [-0.2, -0.15) is 0 Å². The molecule has 1 heterocycles. The predicted molar refractivity (Wildman–Crippen MR) is 61.7 cm³/mol. The second kappa shape index (κ2) is 7.01. The molecule has 1 nitrogen and oxygen atoms in total. The van der Waals surface area contributed by atoms with E-state index in [2.05, 4.69) is 34.6 Å². The van der Waals surface area contributed by atoms with Crippen LogP contribution in [0, 0.1) is 39.7 Å². The third kappa shape index (κ3) is 3.66. The molecule has 90 valence electrons. The molecule has 1 atom stereocenters. The van der Waals surface area contributed by atoms with Crippen LogP contribution < -0.4 is 0 Å². The Morgan fingerprint density at radius 3 is 1.43 bits per heavy atom. The summed E-state index contributed by atoms with van der Waals surface area (Å²) in [7, 11) is 0. The summed E-state index contributed by atoms with van der Waals surface area (Å²) in [5, 5.41) is 0. The van der Waals surface area contributed by atoms with Crippen molar-refractivity contribution >= 4 is 0 Å². The van der Waals surface area contributed by atoms with Crippen LogP contribution in [-0.2, 0) is 25.8 Å². The quantitative estimate of drug-likeness (QED) is 0.587. The van der Waals surface area contributed by atoms with E-state index in [-0.39, 0.29) is 54.2 Å². The maximum Gasteiger partial charge on any atom is 0.0235 e. The summed E-state index contributed by atoms with van der Waals surface area (Å²) in [5.74, 6) is 0. The van der Waals surface area contributed by atoms with Crippen molar-refractivity contribution in [2.24, 2.45) is 10.8 Å². The molecule has 0 bridgehead atoms. The molecule has 1 rings (SSSR count). The van der Waals surface area contributed by atoms with Crippen molar-refractivity contribution < 1.29 is 25.8 Å². The minimum Gasteiger partial charge on any atom is -0.549 e. The summed E-state index contributed by atoms with van der Waals surface area (Å²) in [4.78, 5) is 0. The Morgan fingerprint density at radius 2 is 1.36 bits per heavy atom. The Bertz CT molecular complexity index is 141. The zero-order chi connectivity index (χ0) is 7.99. The maximum atomic E-state index is 5.46. The van der Waals surface area contributed by atoms with E-state index in [0.29, 0.717) is 6.10 Å². The number of hydrogen-bond donors (Lipinski definition) is 0. The van der Waals surface area contributed by atoms with Crippen molar-refractivity contribution in [3.63, 3.8) is 0 Å². The molecule has 1 unspecified atom stereocenters. The first-order chi connectivity index (χ1) is 4.38.